The van der Waals surface area contributed by atoms with E-state index >= 15 is 0 Å². The molecule has 0 aliphatic rings. The van der Waals surface area contributed by atoms with E-state index in [-0.39, 0.29) is 44.0 Å². The molecule has 0 saturated carbocycles. The van der Waals surface area contributed by atoms with Crippen molar-refractivity contribution in [2.24, 2.45) is 0 Å². The van der Waals surface area contributed by atoms with E-state index < -0.39 is 6.10 Å². The highest BCUT2D eigenvalue weighted by Crippen LogP contribution is 2.12. The molecule has 0 aromatic heterocycles. The van der Waals surface area contributed by atoms with Crippen LogP contribution in [0.2, 0.25) is 0 Å². The van der Waals surface area contributed by atoms with Gasteiger partial charge in [0.05, 0.1) is 0 Å². The minimum atomic E-state index is -0.827. The predicted octanol–water partition coefficient (Wildman–Crippen LogP) is 17.5. The first-order chi connectivity index (χ1) is 32.0. The van der Waals surface area contributed by atoms with Crippen molar-refractivity contribution in [2.75, 3.05) is 13.2 Å². The number of esters is 3. The maximum atomic E-state index is 12.8. The zero-order valence-electron chi connectivity index (χ0n) is 42.0. The molecule has 0 aromatic carbocycles. The fourth-order valence-corrected chi connectivity index (χ4v) is 6.87. The Hall–Kier alpha value is -3.93. The van der Waals surface area contributed by atoms with Crippen molar-refractivity contribution in [2.45, 2.75) is 232 Å². The summed E-state index contributed by atoms with van der Waals surface area (Å²) in [5.74, 6) is -1.05. The summed E-state index contributed by atoms with van der Waals surface area (Å²) >= 11 is 0. The Bertz CT molecular complexity index is 1360. The fraction of sp³-hybridized carbons (Fsp3) is 0.644. The van der Waals surface area contributed by atoms with Gasteiger partial charge in [-0.05, 0) is 83.5 Å². The van der Waals surface area contributed by atoms with Gasteiger partial charge in [0.1, 0.15) is 13.2 Å². The zero-order valence-corrected chi connectivity index (χ0v) is 42.0. The molecule has 0 aliphatic heterocycles. The lowest BCUT2D eigenvalue weighted by Gasteiger charge is -2.18. The molecule has 6 heteroatoms. The standard InChI is InChI=1S/C59H96O6/c1-4-7-10-13-16-19-22-25-27-29-30-32-34-37-40-43-46-49-52-58(61)64-55-56(54-63-57(60)51-48-45-42-39-36-33-24-21-18-15-12-9-6-3)65-59(62)53-50-47-44-41-38-35-31-28-26-23-20-17-14-11-8-5-2/h10,13,16,19,22,25,27-33,35-36,38,42,45,56H,4-9,11-12,14-15,17-18,20-21,23-24,26,34,37,39-41,43-44,46-55H2,1-3H3/b13-10-,19-16-,25-22-,29-27-,31-28-,32-30-,36-33-,38-35-,45-42-. The number of carbonyl (C=O) groups excluding carboxylic acids is 3. The van der Waals surface area contributed by atoms with Crippen molar-refractivity contribution in [3.05, 3.63) is 109 Å². The first kappa shape index (κ1) is 61.1. The van der Waals surface area contributed by atoms with Crippen LogP contribution in [0.1, 0.15) is 226 Å². The minimum Gasteiger partial charge on any atom is -0.462 e. The van der Waals surface area contributed by atoms with E-state index in [2.05, 4.69) is 87.6 Å². The molecule has 6 nitrogen and oxygen atoms in total. The van der Waals surface area contributed by atoms with Crippen molar-refractivity contribution in [3.63, 3.8) is 0 Å². The van der Waals surface area contributed by atoms with E-state index in [9.17, 15) is 14.4 Å². The van der Waals surface area contributed by atoms with Crippen molar-refractivity contribution < 1.29 is 28.6 Å². The van der Waals surface area contributed by atoms with Gasteiger partial charge in [-0.3, -0.25) is 14.4 Å². The van der Waals surface area contributed by atoms with E-state index in [0.717, 1.165) is 83.5 Å². The fourth-order valence-electron chi connectivity index (χ4n) is 6.87. The van der Waals surface area contributed by atoms with Gasteiger partial charge in [-0.2, -0.15) is 0 Å². The molecule has 65 heavy (non-hydrogen) atoms. The molecular formula is C59H96O6. The summed E-state index contributed by atoms with van der Waals surface area (Å²) in [6.07, 6.45) is 70.8. The van der Waals surface area contributed by atoms with Crippen LogP contribution in [0.4, 0.5) is 0 Å². The summed E-state index contributed by atoms with van der Waals surface area (Å²) in [6.45, 7) is 6.43. The lowest BCUT2D eigenvalue weighted by atomic mass is 10.1. The van der Waals surface area contributed by atoms with Gasteiger partial charge in [0, 0.05) is 19.3 Å². The first-order valence-corrected chi connectivity index (χ1v) is 26.5. The zero-order chi connectivity index (χ0) is 47.2. The Morgan fingerprint density at radius 1 is 0.323 bits per heavy atom. The van der Waals surface area contributed by atoms with Gasteiger partial charge in [-0.15, -0.1) is 0 Å². The second kappa shape index (κ2) is 52.7. The van der Waals surface area contributed by atoms with Crippen LogP contribution in [-0.2, 0) is 28.6 Å². The molecular weight excluding hydrogens is 805 g/mol. The van der Waals surface area contributed by atoms with Crippen molar-refractivity contribution in [1.82, 2.24) is 0 Å². The summed E-state index contributed by atoms with van der Waals surface area (Å²) in [5, 5.41) is 0. The third-order valence-electron chi connectivity index (χ3n) is 10.9. The highest BCUT2D eigenvalue weighted by molar-refractivity contribution is 5.71. The van der Waals surface area contributed by atoms with Gasteiger partial charge in [-0.25, -0.2) is 0 Å². The van der Waals surface area contributed by atoms with Crippen molar-refractivity contribution in [3.8, 4) is 0 Å². The molecule has 0 spiro atoms. The van der Waals surface area contributed by atoms with Crippen molar-refractivity contribution >= 4 is 17.9 Å². The molecule has 0 heterocycles. The summed E-state index contributed by atoms with van der Waals surface area (Å²) < 4.78 is 16.7. The average Bonchev–Trinajstić information content (AvgIpc) is 3.30. The van der Waals surface area contributed by atoms with Gasteiger partial charge < -0.3 is 14.2 Å². The van der Waals surface area contributed by atoms with E-state index in [0.29, 0.717) is 19.3 Å². The predicted molar refractivity (Wildman–Crippen MR) is 279 cm³/mol. The number of hydrogen-bond acceptors (Lipinski definition) is 6. The molecule has 0 aromatic rings. The molecule has 368 valence electrons. The number of ether oxygens (including phenoxy) is 3. The van der Waals surface area contributed by atoms with Crippen LogP contribution in [0.5, 0.6) is 0 Å². The summed E-state index contributed by atoms with van der Waals surface area (Å²) in [6, 6.07) is 0. The highest BCUT2D eigenvalue weighted by atomic mass is 16.6. The maximum absolute atomic E-state index is 12.8. The minimum absolute atomic E-state index is 0.121. The molecule has 0 amide bonds. The van der Waals surface area contributed by atoms with E-state index in [1.165, 1.54) is 89.9 Å². The van der Waals surface area contributed by atoms with Gasteiger partial charge in [-0.1, -0.05) is 233 Å². The average molecular weight is 901 g/mol. The number of hydrogen-bond donors (Lipinski definition) is 0. The van der Waals surface area contributed by atoms with Gasteiger partial charge >= 0.3 is 17.9 Å². The molecule has 0 aliphatic carbocycles. The molecule has 1 atom stereocenters. The largest absolute Gasteiger partial charge is 0.462 e. The maximum Gasteiger partial charge on any atom is 0.306 e. The van der Waals surface area contributed by atoms with Crippen LogP contribution in [0.3, 0.4) is 0 Å². The Balaban J connectivity index is 4.56. The van der Waals surface area contributed by atoms with Crippen LogP contribution in [0.25, 0.3) is 0 Å². The second-order valence-corrected chi connectivity index (χ2v) is 17.2. The van der Waals surface area contributed by atoms with Crippen LogP contribution < -0.4 is 0 Å². The van der Waals surface area contributed by atoms with E-state index in [1.54, 1.807) is 0 Å². The number of allylic oxidation sites excluding steroid dienone is 18. The van der Waals surface area contributed by atoms with Gasteiger partial charge in [0.25, 0.3) is 0 Å². The van der Waals surface area contributed by atoms with Crippen LogP contribution >= 0.6 is 0 Å². The first-order valence-electron chi connectivity index (χ1n) is 26.5. The number of carbonyl (C=O) groups is 3. The Morgan fingerprint density at radius 2 is 0.677 bits per heavy atom. The Morgan fingerprint density at radius 3 is 1.17 bits per heavy atom. The molecule has 0 saturated heterocycles. The molecule has 0 fully saturated rings. The van der Waals surface area contributed by atoms with E-state index in [4.69, 9.17) is 14.2 Å². The summed E-state index contributed by atoms with van der Waals surface area (Å²) in [7, 11) is 0. The van der Waals surface area contributed by atoms with Crippen LogP contribution in [0, 0.1) is 0 Å². The molecule has 0 rings (SSSR count). The van der Waals surface area contributed by atoms with E-state index in [1.807, 2.05) is 42.5 Å². The van der Waals surface area contributed by atoms with Crippen molar-refractivity contribution in [1.29, 1.82) is 0 Å². The second-order valence-electron chi connectivity index (χ2n) is 17.2. The lowest BCUT2D eigenvalue weighted by Crippen LogP contribution is -2.30. The molecule has 0 bridgehead atoms. The smallest absolute Gasteiger partial charge is 0.306 e. The molecule has 0 radical (unpaired) electrons. The lowest BCUT2D eigenvalue weighted by molar-refractivity contribution is -0.166. The normalized spacial score (nSPS) is 13.0. The van der Waals surface area contributed by atoms with Crippen LogP contribution in [0.15, 0.2) is 109 Å². The van der Waals surface area contributed by atoms with Gasteiger partial charge in [0.2, 0.25) is 0 Å². The third kappa shape index (κ3) is 50.9. The number of rotatable bonds is 46. The quantitative estimate of drug-likeness (QED) is 0.0199. The third-order valence-corrected chi connectivity index (χ3v) is 10.9. The Kier molecular flexibility index (Phi) is 49.5. The molecule has 0 N–H and O–H groups in total. The topological polar surface area (TPSA) is 78.9 Å². The SMILES string of the molecule is CCC\C=C/C=C\C=C/C=C\C=C/CCCCCCCC(=O)OCC(COC(=O)CC/C=C\C/C=C\CCCCCCCC)OC(=O)CCCCC/C=C\C=C/CCCCCCCCC. The summed E-state index contributed by atoms with van der Waals surface area (Å²) in [4.78, 5) is 38.0. The van der Waals surface area contributed by atoms with Gasteiger partial charge in [0.15, 0.2) is 6.10 Å². The number of unbranched alkanes of at least 4 members (excludes halogenated alkanes) is 22. The molecule has 1 unspecified atom stereocenters. The monoisotopic (exact) mass is 901 g/mol. The summed E-state index contributed by atoms with van der Waals surface area (Å²) in [5.41, 5.74) is 0. The highest BCUT2D eigenvalue weighted by Gasteiger charge is 2.19. The van der Waals surface area contributed by atoms with Crippen LogP contribution in [-0.4, -0.2) is 37.2 Å². The Labute approximate surface area is 400 Å².